The van der Waals surface area contributed by atoms with Crippen LogP contribution in [0.3, 0.4) is 0 Å². The SMILES string of the molecule is C[C@@]1(c2ccccc2)NC(=O)N(NC(=O)c2cccc(S(=O)(=O)N3CCc4ccccc43)c2)C1=O. The number of benzene rings is 3. The first-order valence-electron chi connectivity index (χ1n) is 11.0. The van der Waals surface area contributed by atoms with E-state index in [4.69, 9.17) is 0 Å². The molecule has 2 aliphatic heterocycles. The van der Waals surface area contributed by atoms with Crippen LogP contribution in [-0.4, -0.2) is 37.8 Å². The number of fused-ring (bicyclic) bond motifs is 1. The number of sulfonamides is 1. The van der Waals surface area contributed by atoms with Gasteiger partial charge < -0.3 is 5.32 Å². The van der Waals surface area contributed by atoms with Gasteiger partial charge in [0.15, 0.2) is 0 Å². The van der Waals surface area contributed by atoms with Crippen molar-refractivity contribution in [2.75, 3.05) is 10.8 Å². The van der Waals surface area contributed by atoms with Crippen LogP contribution in [0.2, 0.25) is 0 Å². The van der Waals surface area contributed by atoms with Gasteiger partial charge in [-0.3, -0.25) is 19.3 Å². The van der Waals surface area contributed by atoms with Crippen molar-refractivity contribution in [2.24, 2.45) is 0 Å². The van der Waals surface area contributed by atoms with E-state index in [1.165, 1.54) is 28.6 Å². The minimum atomic E-state index is -3.92. The topological polar surface area (TPSA) is 116 Å². The Hall–Kier alpha value is -4.18. The van der Waals surface area contributed by atoms with E-state index in [2.05, 4.69) is 10.7 Å². The Bertz CT molecular complexity index is 1460. The van der Waals surface area contributed by atoms with Crippen molar-refractivity contribution < 1.29 is 22.8 Å². The molecule has 3 aromatic rings. The zero-order valence-corrected chi connectivity index (χ0v) is 19.6. The summed E-state index contributed by atoms with van der Waals surface area (Å²) in [6.07, 6.45) is 0.599. The maximum Gasteiger partial charge on any atom is 0.344 e. The number of imide groups is 1. The second kappa shape index (κ2) is 8.24. The molecule has 2 N–H and O–H groups in total. The fourth-order valence-electron chi connectivity index (χ4n) is 4.36. The molecular weight excluding hydrogens is 468 g/mol. The van der Waals surface area contributed by atoms with Gasteiger partial charge in [0.25, 0.3) is 21.8 Å². The number of rotatable bonds is 5. The number of amides is 4. The van der Waals surface area contributed by atoms with E-state index in [0.717, 1.165) is 5.56 Å². The standard InChI is InChI=1S/C25H22N4O5S/c1-25(19-10-3-2-4-11-19)23(31)29(24(32)26-25)27-22(30)18-9-7-12-20(16-18)35(33,34)28-15-14-17-8-5-6-13-21(17)28/h2-13,16H,14-15H2,1H3,(H,26,32)(H,27,30)/t25-/m0/s1. The summed E-state index contributed by atoms with van der Waals surface area (Å²) in [5.74, 6) is -1.44. The lowest BCUT2D eigenvalue weighted by molar-refractivity contribution is -0.132. The highest BCUT2D eigenvalue weighted by Gasteiger charge is 2.50. The average Bonchev–Trinajstić information content (AvgIpc) is 3.40. The molecule has 9 nitrogen and oxygen atoms in total. The van der Waals surface area contributed by atoms with Crippen molar-refractivity contribution in [1.82, 2.24) is 15.8 Å². The zero-order chi connectivity index (χ0) is 24.8. The summed E-state index contributed by atoms with van der Waals surface area (Å²) < 4.78 is 28.0. The van der Waals surface area contributed by atoms with E-state index in [-0.39, 0.29) is 10.5 Å². The predicted molar refractivity (Wildman–Crippen MR) is 128 cm³/mol. The summed E-state index contributed by atoms with van der Waals surface area (Å²) >= 11 is 0. The van der Waals surface area contributed by atoms with Crippen molar-refractivity contribution in [2.45, 2.75) is 23.8 Å². The smallest absolute Gasteiger partial charge is 0.318 e. The number of para-hydroxylation sites is 1. The van der Waals surface area contributed by atoms with Gasteiger partial charge in [-0.15, -0.1) is 0 Å². The Morgan fingerprint density at radius 3 is 2.46 bits per heavy atom. The van der Waals surface area contributed by atoms with E-state index in [1.807, 2.05) is 12.1 Å². The molecular formula is C25H22N4O5S. The van der Waals surface area contributed by atoms with E-state index >= 15 is 0 Å². The third-order valence-corrected chi connectivity index (χ3v) is 8.09. The summed E-state index contributed by atoms with van der Waals surface area (Å²) in [6, 6.07) is 20.7. The van der Waals surface area contributed by atoms with Gasteiger partial charge in [0, 0.05) is 12.1 Å². The highest BCUT2D eigenvalue weighted by atomic mass is 32.2. The molecule has 5 rings (SSSR count). The fourth-order valence-corrected chi connectivity index (χ4v) is 5.91. The van der Waals surface area contributed by atoms with Crippen LogP contribution in [0.5, 0.6) is 0 Å². The summed E-state index contributed by atoms with van der Waals surface area (Å²) in [6.45, 7) is 1.86. The van der Waals surface area contributed by atoms with Crippen molar-refractivity contribution >= 4 is 33.6 Å². The van der Waals surface area contributed by atoms with E-state index in [9.17, 15) is 22.8 Å². The van der Waals surface area contributed by atoms with E-state index in [0.29, 0.717) is 29.2 Å². The number of anilines is 1. The molecule has 4 amide bonds. The van der Waals surface area contributed by atoms with E-state index in [1.54, 1.807) is 49.4 Å². The molecule has 2 heterocycles. The molecule has 0 bridgehead atoms. The molecule has 0 spiro atoms. The molecule has 35 heavy (non-hydrogen) atoms. The van der Waals surface area contributed by atoms with E-state index < -0.39 is 33.4 Å². The van der Waals surface area contributed by atoms with Gasteiger partial charge in [-0.25, -0.2) is 13.2 Å². The number of carbonyl (C=O) groups is 3. The Morgan fingerprint density at radius 2 is 1.69 bits per heavy atom. The maximum atomic E-state index is 13.3. The van der Waals surface area contributed by atoms with Crippen LogP contribution in [0, 0.1) is 0 Å². The van der Waals surface area contributed by atoms with Crippen LogP contribution in [0.25, 0.3) is 0 Å². The second-order valence-electron chi connectivity index (χ2n) is 8.49. The third kappa shape index (κ3) is 3.71. The maximum absolute atomic E-state index is 13.3. The quantitative estimate of drug-likeness (QED) is 0.534. The van der Waals surface area contributed by atoms with Gasteiger partial charge >= 0.3 is 6.03 Å². The molecule has 0 radical (unpaired) electrons. The van der Waals surface area contributed by atoms with Crippen molar-refractivity contribution in [3.8, 4) is 0 Å². The van der Waals surface area contributed by atoms with Crippen LogP contribution < -0.4 is 15.0 Å². The van der Waals surface area contributed by atoms with Gasteiger partial charge in [0.2, 0.25) is 0 Å². The monoisotopic (exact) mass is 490 g/mol. The Morgan fingerprint density at radius 1 is 0.971 bits per heavy atom. The molecule has 10 heteroatoms. The largest absolute Gasteiger partial charge is 0.344 e. The molecule has 0 unspecified atom stereocenters. The first kappa shape index (κ1) is 22.6. The third-order valence-electron chi connectivity index (χ3n) is 6.28. The number of hydrazine groups is 1. The lowest BCUT2D eigenvalue weighted by Gasteiger charge is -2.22. The van der Waals surface area contributed by atoms with Gasteiger partial charge in [-0.1, -0.05) is 54.6 Å². The molecule has 1 saturated heterocycles. The summed E-state index contributed by atoms with van der Waals surface area (Å²) in [7, 11) is -3.92. The molecule has 3 aromatic carbocycles. The average molecular weight is 491 g/mol. The molecule has 1 atom stereocenters. The zero-order valence-electron chi connectivity index (χ0n) is 18.8. The number of hydrogen-bond donors (Lipinski definition) is 2. The molecule has 2 aliphatic rings. The number of hydrogen-bond acceptors (Lipinski definition) is 5. The van der Waals surface area contributed by atoms with Crippen molar-refractivity contribution in [1.29, 1.82) is 0 Å². The predicted octanol–water partition coefficient (Wildman–Crippen LogP) is 2.55. The van der Waals surface area contributed by atoms with Crippen LogP contribution in [0.1, 0.15) is 28.4 Å². The molecule has 0 saturated carbocycles. The summed E-state index contributed by atoms with van der Waals surface area (Å²) in [4.78, 5) is 38.5. The Kier molecular flexibility index (Phi) is 5.32. The summed E-state index contributed by atoms with van der Waals surface area (Å²) in [5, 5.41) is 3.22. The van der Waals surface area contributed by atoms with Gasteiger partial charge in [0.1, 0.15) is 5.54 Å². The van der Waals surface area contributed by atoms with Gasteiger partial charge in [-0.05, 0) is 48.7 Å². The minimum absolute atomic E-state index is 0.00697. The first-order valence-corrected chi connectivity index (χ1v) is 12.4. The fraction of sp³-hybridized carbons (Fsp3) is 0.160. The van der Waals surface area contributed by atoms with Crippen LogP contribution in [0.15, 0.2) is 83.8 Å². The van der Waals surface area contributed by atoms with Crippen LogP contribution in [-0.2, 0) is 26.8 Å². The van der Waals surface area contributed by atoms with Gasteiger partial charge in [0.05, 0.1) is 10.6 Å². The molecule has 1 fully saturated rings. The molecule has 0 aromatic heterocycles. The van der Waals surface area contributed by atoms with Crippen LogP contribution in [0.4, 0.5) is 10.5 Å². The van der Waals surface area contributed by atoms with Gasteiger partial charge in [-0.2, -0.15) is 5.01 Å². The highest BCUT2D eigenvalue weighted by molar-refractivity contribution is 7.92. The summed E-state index contributed by atoms with van der Waals surface area (Å²) in [5.41, 5.74) is 3.07. The number of nitrogens with one attached hydrogen (secondary N) is 2. The highest BCUT2D eigenvalue weighted by Crippen LogP contribution is 2.33. The van der Waals surface area contributed by atoms with Crippen LogP contribution >= 0.6 is 0 Å². The molecule has 0 aliphatic carbocycles. The lowest BCUT2D eigenvalue weighted by Crippen LogP contribution is -2.48. The molecule has 178 valence electrons. The number of nitrogens with zero attached hydrogens (tertiary/aromatic N) is 2. The minimum Gasteiger partial charge on any atom is -0.318 e. The Balaban J connectivity index is 1.38. The first-order chi connectivity index (χ1) is 16.7. The Labute approximate surface area is 202 Å². The van der Waals surface area contributed by atoms with Crippen molar-refractivity contribution in [3.63, 3.8) is 0 Å². The number of carbonyl (C=O) groups excluding carboxylic acids is 3. The lowest BCUT2D eigenvalue weighted by atomic mass is 9.92. The second-order valence-corrected chi connectivity index (χ2v) is 10.3. The normalized spacial score (nSPS) is 19.5. The van der Waals surface area contributed by atoms with Crippen molar-refractivity contribution in [3.05, 3.63) is 95.6 Å². The number of urea groups is 1.